The Hall–Kier alpha value is -2.97. The zero-order valence-electron chi connectivity index (χ0n) is 16.4. The molecule has 0 bridgehead atoms. The van der Waals surface area contributed by atoms with Crippen LogP contribution in [0.4, 0.5) is 5.69 Å². The van der Waals surface area contributed by atoms with Gasteiger partial charge in [-0.2, -0.15) is 4.31 Å². The maximum atomic E-state index is 12.9. The van der Waals surface area contributed by atoms with Gasteiger partial charge in [0.25, 0.3) is 5.91 Å². The summed E-state index contributed by atoms with van der Waals surface area (Å²) < 4.78 is 32.6. The molecule has 8 heteroatoms. The van der Waals surface area contributed by atoms with Gasteiger partial charge in [-0.25, -0.2) is 8.42 Å². The number of aryl methyl sites for hydroxylation is 1. The van der Waals surface area contributed by atoms with Gasteiger partial charge < -0.3 is 9.73 Å². The Kier molecular flexibility index (Phi) is 5.86. The average Bonchev–Trinajstić information content (AvgIpc) is 2.70. The molecule has 0 aliphatic heterocycles. The third kappa shape index (κ3) is 4.08. The van der Waals surface area contributed by atoms with Crippen LogP contribution in [-0.2, 0) is 10.0 Å². The van der Waals surface area contributed by atoms with Crippen LogP contribution < -0.4 is 10.7 Å². The SMILES string of the molecule is CCN(CC)S(=O)(=O)c1cc(NC(=O)c2cc(=O)c3ccccc3o2)ccc1C. The van der Waals surface area contributed by atoms with Crippen LogP contribution in [0.1, 0.15) is 30.0 Å². The molecule has 0 atom stereocenters. The first-order chi connectivity index (χ1) is 13.8. The summed E-state index contributed by atoms with van der Waals surface area (Å²) in [5.41, 5.74) is 0.846. The first-order valence-corrected chi connectivity index (χ1v) is 10.7. The summed E-state index contributed by atoms with van der Waals surface area (Å²) in [4.78, 5) is 24.9. The van der Waals surface area contributed by atoms with E-state index in [4.69, 9.17) is 4.42 Å². The van der Waals surface area contributed by atoms with Crippen molar-refractivity contribution in [2.75, 3.05) is 18.4 Å². The van der Waals surface area contributed by atoms with Crippen LogP contribution in [0.25, 0.3) is 11.0 Å². The second kappa shape index (κ2) is 8.18. The number of fused-ring (bicyclic) bond motifs is 1. The molecule has 29 heavy (non-hydrogen) atoms. The molecule has 1 aromatic heterocycles. The zero-order chi connectivity index (χ0) is 21.2. The summed E-state index contributed by atoms with van der Waals surface area (Å²) in [5, 5.41) is 2.99. The van der Waals surface area contributed by atoms with Gasteiger partial charge in [-0.3, -0.25) is 9.59 Å². The second-order valence-corrected chi connectivity index (χ2v) is 8.40. The predicted octanol–water partition coefficient (Wildman–Crippen LogP) is 3.38. The Morgan fingerprint density at radius 3 is 2.45 bits per heavy atom. The molecule has 7 nitrogen and oxygen atoms in total. The van der Waals surface area contributed by atoms with Crippen LogP contribution in [0, 0.1) is 6.92 Å². The highest BCUT2D eigenvalue weighted by Crippen LogP contribution is 2.24. The highest BCUT2D eigenvalue weighted by atomic mass is 32.2. The molecule has 1 heterocycles. The van der Waals surface area contributed by atoms with E-state index < -0.39 is 15.9 Å². The smallest absolute Gasteiger partial charge is 0.291 e. The molecule has 0 fully saturated rings. The number of hydrogen-bond donors (Lipinski definition) is 1. The van der Waals surface area contributed by atoms with Crippen molar-refractivity contribution in [2.45, 2.75) is 25.7 Å². The number of carbonyl (C=O) groups excluding carboxylic acids is 1. The van der Waals surface area contributed by atoms with Gasteiger partial charge in [-0.05, 0) is 36.8 Å². The third-order valence-corrected chi connectivity index (χ3v) is 6.82. The molecule has 0 unspecified atom stereocenters. The number of hydrogen-bond acceptors (Lipinski definition) is 5. The first kappa shape index (κ1) is 20.8. The van der Waals surface area contributed by atoms with Crippen LogP contribution in [-0.4, -0.2) is 31.7 Å². The van der Waals surface area contributed by atoms with Gasteiger partial charge in [0.1, 0.15) is 5.58 Å². The number of sulfonamides is 1. The third-order valence-electron chi connectivity index (χ3n) is 4.63. The van der Waals surface area contributed by atoms with E-state index in [9.17, 15) is 18.0 Å². The summed E-state index contributed by atoms with van der Waals surface area (Å²) >= 11 is 0. The molecule has 0 saturated heterocycles. The van der Waals surface area contributed by atoms with Crippen molar-refractivity contribution in [3.63, 3.8) is 0 Å². The number of rotatable bonds is 6. The van der Waals surface area contributed by atoms with E-state index >= 15 is 0 Å². The van der Waals surface area contributed by atoms with Crippen LogP contribution >= 0.6 is 0 Å². The summed E-state index contributed by atoms with van der Waals surface area (Å²) in [5.74, 6) is -0.787. The molecule has 0 spiro atoms. The van der Waals surface area contributed by atoms with E-state index in [1.54, 1.807) is 57.2 Å². The molecule has 0 saturated carbocycles. The second-order valence-electron chi connectivity index (χ2n) is 6.49. The van der Waals surface area contributed by atoms with Gasteiger partial charge >= 0.3 is 0 Å². The van der Waals surface area contributed by atoms with Crippen molar-refractivity contribution >= 4 is 32.6 Å². The van der Waals surface area contributed by atoms with Crippen molar-refractivity contribution in [3.8, 4) is 0 Å². The molecule has 1 N–H and O–H groups in total. The summed E-state index contributed by atoms with van der Waals surface area (Å²) in [6.07, 6.45) is 0. The Morgan fingerprint density at radius 1 is 1.07 bits per heavy atom. The van der Waals surface area contributed by atoms with E-state index in [1.165, 1.54) is 10.4 Å². The lowest BCUT2D eigenvalue weighted by Gasteiger charge is -2.20. The van der Waals surface area contributed by atoms with E-state index in [2.05, 4.69) is 5.32 Å². The molecular weight excluding hydrogens is 392 g/mol. The van der Waals surface area contributed by atoms with Crippen molar-refractivity contribution in [3.05, 3.63) is 70.1 Å². The largest absolute Gasteiger partial charge is 0.451 e. The zero-order valence-corrected chi connectivity index (χ0v) is 17.2. The van der Waals surface area contributed by atoms with Gasteiger partial charge in [0, 0.05) is 24.8 Å². The van der Waals surface area contributed by atoms with Crippen molar-refractivity contribution in [2.24, 2.45) is 0 Å². The molecule has 0 aliphatic rings. The standard InChI is InChI=1S/C21H22N2O5S/c1-4-23(5-2)29(26,27)20-12-15(11-10-14(20)3)22-21(25)19-13-17(24)16-8-6-7-9-18(16)28-19/h6-13H,4-5H2,1-3H3,(H,22,25). The lowest BCUT2D eigenvalue weighted by molar-refractivity contribution is 0.0997. The normalized spacial score (nSPS) is 11.7. The van der Waals surface area contributed by atoms with E-state index in [-0.39, 0.29) is 16.1 Å². The monoisotopic (exact) mass is 414 g/mol. The Bertz CT molecular complexity index is 1230. The van der Waals surface area contributed by atoms with Crippen LogP contribution in [0.15, 0.2) is 62.6 Å². The Labute approximate surface area is 169 Å². The van der Waals surface area contributed by atoms with Crippen molar-refractivity contribution in [1.29, 1.82) is 0 Å². The highest BCUT2D eigenvalue weighted by molar-refractivity contribution is 7.89. The molecule has 1 amide bonds. The van der Waals surface area contributed by atoms with E-state index in [0.717, 1.165) is 6.07 Å². The molecule has 0 aliphatic carbocycles. The molecule has 0 radical (unpaired) electrons. The lowest BCUT2D eigenvalue weighted by atomic mass is 10.2. The minimum absolute atomic E-state index is 0.124. The van der Waals surface area contributed by atoms with Crippen LogP contribution in [0.5, 0.6) is 0 Å². The topological polar surface area (TPSA) is 96.7 Å². The van der Waals surface area contributed by atoms with Gasteiger partial charge in [0.15, 0.2) is 11.2 Å². The van der Waals surface area contributed by atoms with Gasteiger partial charge in [-0.1, -0.05) is 32.0 Å². The fourth-order valence-electron chi connectivity index (χ4n) is 3.07. The van der Waals surface area contributed by atoms with Crippen LogP contribution in [0.3, 0.4) is 0 Å². The highest BCUT2D eigenvalue weighted by Gasteiger charge is 2.24. The molecular formula is C21H22N2O5S. The fraction of sp³-hybridized carbons (Fsp3) is 0.238. The maximum Gasteiger partial charge on any atom is 0.291 e. The number of carbonyl (C=O) groups is 1. The van der Waals surface area contributed by atoms with Gasteiger partial charge in [-0.15, -0.1) is 0 Å². The molecule has 3 rings (SSSR count). The van der Waals surface area contributed by atoms with Gasteiger partial charge in [0.2, 0.25) is 10.0 Å². The summed E-state index contributed by atoms with van der Waals surface area (Å²) in [6.45, 7) is 5.92. The minimum atomic E-state index is -3.68. The average molecular weight is 414 g/mol. The van der Waals surface area contributed by atoms with E-state index in [1.807, 2.05) is 0 Å². The number of amides is 1. The van der Waals surface area contributed by atoms with Crippen molar-refractivity contribution < 1.29 is 17.6 Å². The minimum Gasteiger partial charge on any atom is -0.451 e. The molecule has 3 aromatic rings. The van der Waals surface area contributed by atoms with Crippen molar-refractivity contribution in [1.82, 2.24) is 4.31 Å². The summed E-state index contributed by atoms with van der Waals surface area (Å²) in [7, 11) is -3.68. The summed E-state index contributed by atoms with van der Waals surface area (Å²) in [6, 6.07) is 12.4. The molecule has 152 valence electrons. The van der Waals surface area contributed by atoms with E-state index in [0.29, 0.717) is 35.3 Å². The number of nitrogens with one attached hydrogen (secondary N) is 1. The Morgan fingerprint density at radius 2 is 1.76 bits per heavy atom. The predicted molar refractivity (Wildman–Crippen MR) is 112 cm³/mol. The maximum absolute atomic E-state index is 12.9. The number of anilines is 1. The number of nitrogens with zero attached hydrogens (tertiary/aromatic N) is 1. The fourth-order valence-corrected chi connectivity index (χ4v) is 4.78. The van der Waals surface area contributed by atoms with Gasteiger partial charge in [0.05, 0.1) is 10.3 Å². The first-order valence-electron chi connectivity index (χ1n) is 9.23. The molecule has 2 aromatic carbocycles. The number of benzene rings is 2. The number of para-hydroxylation sites is 1. The lowest BCUT2D eigenvalue weighted by Crippen LogP contribution is -2.31. The van der Waals surface area contributed by atoms with Crippen LogP contribution in [0.2, 0.25) is 0 Å². The Balaban J connectivity index is 1.95. The quantitative estimate of drug-likeness (QED) is 0.667.